The monoisotopic (exact) mass is 1070 g/mol. The van der Waals surface area contributed by atoms with Crippen LogP contribution in [0.5, 0.6) is 11.8 Å². The van der Waals surface area contributed by atoms with E-state index in [1.807, 2.05) is 32.0 Å². The summed E-state index contributed by atoms with van der Waals surface area (Å²) in [5, 5.41) is 44.7. The molecular formula is C50H70F3N11O12. The predicted octanol–water partition coefficient (Wildman–Crippen LogP) is 2.40. The third kappa shape index (κ3) is 18.5. The molecule has 2 fully saturated rings. The molecule has 6 N–H and O–H groups in total. The molecule has 5 rings (SSSR count). The number of aliphatic carboxylic acids is 4. The molecule has 5 heterocycles. The number of rotatable bonds is 25. The summed E-state index contributed by atoms with van der Waals surface area (Å²) in [5.41, 5.74) is 0.727. The van der Waals surface area contributed by atoms with Crippen LogP contribution >= 0.6 is 0 Å². The number of anilines is 1. The molecule has 3 aromatic rings. The van der Waals surface area contributed by atoms with Crippen molar-refractivity contribution in [2.45, 2.75) is 71.3 Å². The van der Waals surface area contributed by atoms with E-state index in [1.165, 1.54) is 11.0 Å². The maximum atomic E-state index is 14.2. The molecule has 0 aliphatic carbocycles. The molecule has 418 valence electrons. The summed E-state index contributed by atoms with van der Waals surface area (Å²) < 4.78 is 53.6. The van der Waals surface area contributed by atoms with Gasteiger partial charge >= 0.3 is 30.1 Å². The second kappa shape index (κ2) is 29.5. The van der Waals surface area contributed by atoms with Crippen molar-refractivity contribution in [3.05, 3.63) is 59.5 Å². The number of ether oxygens (including phenoxy) is 2. The number of nitrogens with zero attached hydrogens (tertiary/aromatic N) is 9. The van der Waals surface area contributed by atoms with Gasteiger partial charge in [-0.1, -0.05) is 6.92 Å². The van der Waals surface area contributed by atoms with Gasteiger partial charge in [0.2, 0.25) is 17.7 Å². The molecule has 2 aliphatic heterocycles. The van der Waals surface area contributed by atoms with Gasteiger partial charge in [-0.2, -0.15) is 13.2 Å². The van der Waals surface area contributed by atoms with Crippen molar-refractivity contribution in [1.82, 2.24) is 50.1 Å². The van der Waals surface area contributed by atoms with Gasteiger partial charge in [0.05, 0.1) is 67.6 Å². The second-order valence-corrected chi connectivity index (χ2v) is 18.4. The van der Waals surface area contributed by atoms with E-state index in [9.17, 15) is 62.4 Å². The van der Waals surface area contributed by atoms with Crippen LogP contribution in [0, 0.1) is 0 Å². The van der Waals surface area contributed by atoms with Gasteiger partial charge in [-0.25, -0.2) is 19.7 Å². The molecule has 0 saturated carbocycles. The number of piperazine rings is 1. The largest absolute Gasteiger partial charge is 0.480 e. The molecule has 3 aromatic heterocycles. The highest BCUT2D eigenvalue weighted by Gasteiger charge is 2.40. The smallest absolute Gasteiger partial charge is 0.434 e. The number of carbonyl (C=O) groups is 6. The Morgan fingerprint density at radius 3 is 1.86 bits per heavy atom. The number of unbranched alkanes of at least 4 members (excludes halogenated alkanes) is 1. The van der Waals surface area contributed by atoms with E-state index in [1.54, 1.807) is 38.8 Å². The minimum Gasteiger partial charge on any atom is -0.480 e. The van der Waals surface area contributed by atoms with Crippen molar-refractivity contribution in [1.29, 1.82) is 0 Å². The first kappa shape index (κ1) is 60.1. The van der Waals surface area contributed by atoms with Crippen LogP contribution in [0.2, 0.25) is 0 Å². The van der Waals surface area contributed by atoms with E-state index in [0.29, 0.717) is 55.2 Å². The van der Waals surface area contributed by atoms with Crippen LogP contribution in [-0.4, -0.2) is 226 Å². The minimum absolute atomic E-state index is 0.0902. The number of alkyl halides is 3. The number of hydrogen-bond donors (Lipinski definition) is 6. The molecule has 0 bridgehead atoms. The van der Waals surface area contributed by atoms with Crippen molar-refractivity contribution in [3.8, 4) is 23.0 Å². The summed E-state index contributed by atoms with van der Waals surface area (Å²) >= 11 is 0. The lowest BCUT2D eigenvalue weighted by Crippen LogP contribution is -2.55. The van der Waals surface area contributed by atoms with Crippen LogP contribution in [-0.2, 0) is 36.7 Å². The first-order chi connectivity index (χ1) is 36.3. The van der Waals surface area contributed by atoms with Gasteiger partial charge in [0, 0.05) is 96.8 Å². The van der Waals surface area contributed by atoms with Gasteiger partial charge in [-0.15, -0.1) is 0 Å². The van der Waals surface area contributed by atoms with Gasteiger partial charge in [-0.3, -0.25) is 43.6 Å². The summed E-state index contributed by atoms with van der Waals surface area (Å²) in [5.74, 6) is -5.73. The van der Waals surface area contributed by atoms with Crippen LogP contribution < -0.4 is 25.0 Å². The van der Waals surface area contributed by atoms with Crippen LogP contribution in [0.4, 0.5) is 18.9 Å². The topological polar surface area (TPSA) is 284 Å². The second-order valence-electron chi connectivity index (χ2n) is 18.4. The third-order valence-corrected chi connectivity index (χ3v) is 12.9. The Morgan fingerprint density at radius 1 is 0.724 bits per heavy atom. The first-order valence-electron chi connectivity index (χ1n) is 25.4. The number of aromatic nitrogens is 3. The van der Waals surface area contributed by atoms with Crippen molar-refractivity contribution in [2.24, 2.45) is 0 Å². The average molecular weight is 1070 g/mol. The quantitative estimate of drug-likeness (QED) is 0.0665. The Bertz CT molecular complexity index is 2410. The molecule has 26 heteroatoms. The number of halogens is 3. The molecule has 2 amide bonds. The Morgan fingerprint density at radius 2 is 1.32 bits per heavy atom. The van der Waals surface area contributed by atoms with Gasteiger partial charge in [-0.05, 0) is 76.4 Å². The zero-order chi connectivity index (χ0) is 55.4. The molecule has 23 nitrogen and oxygen atoms in total. The zero-order valence-corrected chi connectivity index (χ0v) is 43.2. The lowest BCUT2D eigenvalue weighted by Gasteiger charge is -2.43. The van der Waals surface area contributed by atoms with E-state index in [0.717, 1.165) is 11.8 Å². The van der Waals surface area contributed by atoms with Crippen molar-refractivity contribution < 1.29 is 71.8 Å². The Labute approximate surface area is 438 Å². The number of carboxylic acids is 4. The fourth-order valence-electron chi connectivity index (χ4n) is 9.10. The lowest BCUT2D eigenvalue weighted by atomic mass is 10.0. The first-order valence-corrected chi connectivity index (χ1v) is 25.4. The SMILES string of the molecule is CCOc1ccc(C(=O)N2CCN(c3ccc(-c4cccnc4OCC)nc3CNCCCCC(NC(=O)CN3CCN(CC(=O)O)CCN(CC(=O)O)CCN(CC(=O)O)CC3)C(=O)O)[C@H](CC)C2)c(C(F)(F)F)n1. The van der Waals surface area contributed by atoms with E-state index >= 15 is 0 Å². The Balaban J connectivity index is 1.24. The fraction of sp³-hybridized carbons (Fsp3) is 0.580. The summed E-state index contributed by atoms with van der Waals surface area (Å²) in [4.78, 5) is 97.7. The molecule has 0 spiro atoms. The summed E-state index contributed by atoms with van der Waals surface area (Å²) in [6.45, 7) is 7.34. The highest BCUT2D eigenvalue weighted by Crippen LogP contribution is 2.35. The number of hydrogen-bond acceptors (Lipinski definition) is 17. The number of carboxylic acid groups (broad SMARTS) is 4. The van der Waals surface area contributed by atoms with E-state index in [2.05, 4.69) is 25.5 Å². The fourth-order valence-corrected chi connectivity index (χ4v) is 9.10. The van der Waals surface area contributed by atoms with Gasteiger partial charge in [0.25, 0.3) is 5.91 Å². The molecule has 1 unspecified atom stereocenters. The molecule has 0 aromatic carbocycles. The van der Waals surface area contributed by atoms with Gasteiger partial charge in [0.1, 0.15) is 6.04 Å². The molecular weight excluding hydrogens is 1000 g/mol. The maximum Gasteiger partial charge on any atom is 0.434 e. The van der Waals surface area contributed by atoms with Crippen molar-refractivity contribution in [2.75, 3.05) is 123 Å². The summed E-state index contributed by atoms with van der Waals surface area (Å²) in [6.07, 6.45) is -1.77. The van der Waals surface area contributed by atoms with E-state index in [4.69, 9.17) is 14.5 Å². The highest BCUT2D eigenvalue weighted by atomic mass is 19.4. The standard InChI is InChI=1S/C50H70F3N11O12/c1-4-34-29-63(48(72)36-12-15-42(75-5-2)58-46(36)50(51,52)53)26-27-64(34)40-14-13-37(35-10-9-17-55-47(35)76-6-3)56-39(40)28-54-16-8-7-11-38(49(73)74)57-41(65)30-59-18-20-60(31-43(66)67)22-24-62(33-45(70)71)25-23-61(21-19-59)32-44(68)69/h9-10,12-15,17,34,38,54H,4-8,11,16,18-33H2,1-3H3,(H,57,65)(H,66,67)(H,68,69)(H,70,71)(H,73,74)/t34-,38?/m1/s1. The van der Waals surface area contributed by atoms with Crippen LogP contribution in [0.15, 0.2) is 42.6 Å². The van der Waals surface area contributed by atoms with Crippen LogP contribution in [0.1, 0.15) is 68.2 Å². The predicted molar refractivity (Wildman–Crippen MR) is 270 cm³/mol. The third-order valence-electron chi connectivity index (χ3n) is 12.9. The number of amides is 2. The normalized spacial score (nSPS) is 17.3. The molecule has 2 atom stereocenters. The number of pyridine rings is 3. The highest BCUT2D eigenvalue weighted by molar-refractivity contribution is 5.96. The maximum absolute atomic E-state index is 14.2. The number of nitrogens with one attached hydrogen (secondary N) is 2. The van der Waals surface area contributed by atoms with Gasteiger partial charge in [0.15, 0.2) is 5.69 Å². The van der Waals surface area contributed by atoms with Gasteiger partial charge < -0.3 is 50.3 Å². The van der Waals surface area contributed by atoms with Crippen LogP contribution in [0.25, 0.3) is 11.3 Å². The van der Waals surface area contributed by atoms with Crippen LogP contribution in [0.3, 0.4) is 0 Å². The number of carbonyl (C=O) groups excluding carboxylic acids is 2. The van der Waals surface area contributed by atoms with Crippen molar-refractivity contribution in [3.63, 3.8) is 0 Å². The minimum atomic E-state index is -4.90. The summed E-state index contributed by atoms with van der Waals surface area (Å²) in [6, 6.07) is 8.16. The van der Waals surface area contributed by atoms with E-state index < -0.39 is 59.2 Å². The summed E-state index contributed by atoms with van der Waals surface area (Å²) in [7, 11) is 0. The van der Waals surface area contributed by atoms with E-state index in [-0.39, 0.29) is 130 Å². The lowest BCUT2D eigenvalue weighted by molar-refractivity contribution is -0.142. The van der Waals surface area contributed by atoms with Crippen molar-refractivity contribution >= 4 is 41.4 Å². The molecule has 2 aliphatic rings. The Hall–Kier alpha value is -6.74. The molecule has 0 radical (unpaired) electrons. The average Bonchev–Trinajstić information content (AvgIpc) is 3.37. The Kier molecular flexibility index (Phi) is 23.4. The molecule has 2 saturated heterocycles. The zero-order valence-electron chi connectivity index (χ0n) is 43.2. The molecule has 76 heavy (non-hydrogen) atoms.